The van der Waals surface area contributed by atoms with Gasteiger partial charge in [0.05, 0.1) is 11.1 Å². The summed E-state index contributed by atoms with van der Waals surface area (Å²) in [4.78, 5) is 11.0. The van der Waals surface area contributed by atoms with Gasteiger partial charge in [0.2, 0.25) is 0 Å². The van der Waals surface area contributed by atoms with Gasteiger partial charge in [-0.15, -0.1) is 0 Å². The van der Waals surface area contributed by atoms with Crippen molar-refractivity contribution >= 4 is 5.97 Å². The van der Waals surface area contributed by atoms with Gasteiger partial charge in [-0.25, -0.2) is 4.79 Å². The second-order valence-electron chi connectivity index (χ2n) is 5.42. The summed E-state index contributed by atoms with van der Waals surface area (Å²) < 4.78 is 1.96. The van der Waals surface area contributed by atoms with Gasteiger partial charge < -0.3 is 9.67 Å². The van der Waals surface area contributed by atoms with Crippen LogP contribution in [0.15, 0.2) is 60.8 Å². The minimum absolute atomic E-state index is 0.243. The van der Waals surface area contributed by atoms with E-state index in [-0.39, 0.29) is 5.56 Å². The van der Waals surface area contributed by atoms with Crippen molar-refractivity contribution in [1.82, 2.24) is 4.57 Å². The van der Waals surface area contributed by atoms with Gasteiger partial charge in [-0.2, -0.15) is 5.26 Å². The van der Waals surface area contributed by atoms with Crippen molar-refractivity contribution in [2.24, 2.45) is 0 Å². The van der Waals surface area contributed by atoms with Crippen molar-refractivity contribution in [3.05, 3.63) is 77.6 Å². The van der Waals surface area contributed by atoms with Crippen molar-refractivity contribution in [1.29, 1.82) is 5.26 Å². The fraction of sp³-hybridized carbons (Fsp3) is 0.100. The molecule has 24 heavy (non-hydrogen) atoms. The van der Waals surface area contributed by atoms with Crippen LogP contribution in [-0.4, -0.2) is 15.6 Å². The van der Waals surface area contributed by atoms with E-state index in [1.165, 1.54) is 0 Å². The van der Waals surface area contributed by atoms with Gasteiger partial charge >= 0.3 is 5.97 Å². The van der Waals surface area contributed by atoms with Crippen molar-refractivity contribution in [3.63, 3.8) is 0 Å². The number of aromatic nitrogens is 1. The van der Waals surface area contributed by atoms with Crippen LogP contribution in [-0.2, 0) is 6.42 Å². The summed E-state index contributed by atoms with van der Waals surface area (Å²) in [6, 6.07) is 18.8. The van der Waals surface area contributed by atoms with E-state index in [0.29, 0.717) is 5.56 Å². The molecule has 0 spiro atoms. The minimum atomic E-state index is -0.951. The smallest absolute Gasteiger partial charge is 0.335 e. The molecule has 0 fully saturated rings. The lowest BCUT2D eigenvalue weighted by Crippen LogP contribution is -2.01. The number of carbonyl (C=O) groups is 1. The standard InChI is InChI=1S/C20H16N2O2/c1-2-18-19(14-6-4-3-5-7-14)16(12-21)13-22(18)17-10-8-15(9-11-17)20(23)24/h3-11,13H,2H2,1H3,(H,23,24). The summed E-state index contributed by atoms with van der Waals surface area (Å²) in [7, 11) is 0. The van der Waals surface area contributed by atoms with Gasteiger partial charge in [-0.05, 0) is 36.2 Å². The number of hydrogen-bond acceptors (Lipinski definition) is 2. The molecule has 3 aromatic rings. The Labute approximate surface area is 140 Å². The van der Waals surface area contributed by atoms with Crippen LogP contribution < -0.4 is 0 Å². The molecule has 0 saturated heterocycles. The summed E-state index contributed by atoms with van der Waals surface area (Å²) >= 11 is 0. The molecule has 1 aromatic heterocycles. The third-order valence-electron chi connectivity index (χ3n) is 4.02. The van der Waals surface area contributed by atoms with Crippen LogP contribution in [0.5, 0.6) is 0 Å². The maximum Gasteiger partial charge on any atom is 0.335 e. The number of rotatable bonds is 4. The fourth-order valence-corrected chi connectivity index (χ4v) is 2.90. The van der Waals surface area contributed by atoms with Gasteiger partial charge in [0, 0.05) is 23.1 Å². The minimum Gasteiger partial charge on any atom is -0.478 e. The molecule has 4 nitrogen and oxygen atoms in total. The van der Waals surface area contributed by atoms with E-state index in [1.54, 1.807) is 24.3 Å². The molecule has 3 rings (SSSR count). The number of carboxylic acids is 1. The Morgan fingerprint density at radius 2 is 1.79 bits per heavy atom. The molecule has 118 valence electrons. The first kappa shape index (κ1) is 15.6. The number of aromatic carboxylic acids is 1. The molecule has 0 radical (unpaired) electrons. The van der Waals surface area contributed by atoms with Crippen molar-refractivity contribution < 1.29 is 9.90 Å². The fourth-order valence-electron chi connectivity index (χ4n) is 2.90. The van der Waals surface area contributed by atoms with Gasteiger partial charge in [0.15, 0.2) is 0 Å². The van der Waals surface area contributed by atoms with E-state index in [4.69, 9.17) is 5.11 Å². The Morgan fingerprint density at radius 3 is 2.33 bits per heavy atom. The van der Waals surface area contributed by atoms with Crippen molar-refractivity contribution in [2.75, 3.05) is 0 Å². The molecule has 0 aliphatic carbocycles. The first-order chi connectivity index (χ1) is 11.7. The summed E-state index contributed by atoms with van der Waals surface area (Å²) in [5.41, 5.74) is 4.67. The van der Waals surface area contributed by atoms with E-state index < -0.39 is 5.97 Å². The molecule has 0 bridgehead atoms. The lowest BCUT2D eigenvalue weighted by molar-refractivity contribution is 0.0697. The molecule has 0 saturated carbocycles. The van der Waals surface area contributed by atoms with Crippen LogP contribution in [0.25, 0.3) is 16.8 Å². The highest BCUT2D eigenvalue weighted by Gasteiger charge is 2.17. The van der Waals surface area contributed by atoms with Gasteiger partial charge in [0.25, 0.3) is 0 Å². The normalized spacial score (nSPS) is 10.3. The maximum atomic E-state index is 11.0. The molecule has 4 heteroatoms. The largest absolute Gasteiger partial charge is 0.478 e. The third kappa shape index (κ3) is 2.68. The molecule has 0 amide bonds. The summed E-state index contributed by atoms with van der Waals surface area (Å²) in [5, 5.41) is 18.6. The van der Waals surface area contributed by atoms with Crippen molar-refractivity contribution in [3.8, 4) is 22.9 Å². The van der Waals surface area contributed by atoms with E-state index in [2.05, 4.69) is 6.07 Å². The number of hydrogen-bond donors (Lipinski definition) is 1. The van der Waals surface area contributed by atoms with E-state index in [0.717, 1.165) is 28.9 Å². The molecule has 0 atom stereocenters. The van der Waals surface area contributed by atoms with Crippen LogP contribution in [0.1, 0.15) is 28.5 Å². The zero-order valence-electron chi connectivity index (χ0n) is 13.2. The average Bonchev–Trinajstić information content (AvgIpc) is 3.01. The predicted octanol–water partition coefficient (Wildman–Crippen LogP) is 4.28. The monoisotopic (exact) mass is 316 g/mol. The SMILES string of the molecule is CCc1c(-c2ccccc2)c(C#N)cn1-c1ccc(C(=O)O)cc1. The van der Waals surface area contributed by atoms with Crippen LogP contribution in [0.2, 0.25) is 0 Å². The summed E-state index contributed by atoms with van der Waals surface area (Å²) in [6.07, 6.45) is 2.57. The second kappa shape index (κ2) is 6.43. The van der Waals surface area contributed by atoms with Gasteiger partial charge in [-0.1, -0.05) is 37.3 Å². The Kier molecular flexibility index (Phi) is 4.17. The Morgan fingerprint density at radius 1 is 1.12 bits per heavy atom. The molecule has 2 aromatic carbocycles. The maximum absolute atomic E-state index is 11.0. The first-order valence-electron chi connectivity index (χ1n) is 7.69. The number of nitrogens with zero attached hydrogens (tertiary/aromatic N) is 2. The lowest BCUT2D eigenvalue weighted by atomic mass is 10.0. The molecule has 0 aliphatic heterocycles. The first-order valence-corrected chi connectivity index (χ1v) is 7.69. The van der Waals surface area contributed by atoms with Gasteiger partial charge in [-0.3, -0.25) is 0 Å². The zero-order valence-corrected chi connectivity index (χ0v) is 13.2. The van der Waals surface area contributed by atoms with Crippen LogP contribution in [0.4, 0.5) is 0 Å². The average molecular weight is 316 g/mol. The molecule has 0 unspecified atom stereocenters. The summed E-state index contributed by atoms with van der Waals surface area (Å²) in [6.45, 7) is 2.05. The van der Waals surface area contributed by atoms with E-state index in [1.807, 2.05) is 48.0 Å². The summed E-state index contributed by atoms with van der Waals surface area (Å²) in [5.74, 6) is -0.951. The molecular formula is C20H16N2O2. The highest BCUT2D eigenvalue weighted by molar-refractivity contribution is 5.87. The molecular weight excluding hydrogens is 300 g/mol. The van der Waals surface area contributed by atoms with Crippen LogP contribution in [0, 0.1) is 11.3 Å². The van der Waals surface area contributed by atoms with E-state index in [9.17, 15) is 10.1 Å². The third-order valence-corrected chi connectivity index (χ3v) is 4.02. The zero-order chi connectivity index (χ0) is 17.1. The Bertz CT molecular complexity index is 917. The molecule has 0 aliphatic rings. The highest BCUT2D eigenvalue weighted by Crippen LogP contribution is 2.31. The Balaban J connectivity index is 2.18. The van der Waals surface area contributed by atoms with Gasteiger partial charge in [0.1, 0.15) is 6.07 Å². The van der Waals surface area contributed by atoms with Crippen LogP contribution in [0.3, 0.4) is 0 Å². The number of carboxylic acid groups (broad SMARTS) is 1. The predicted molar refractivity (Wildman–Crippen MR) is 92.3 cm³/mol. The quantitative estimate of drug-likeness (QED) is 0.781. The van der Waals surface area contributed by atoms with Crippen LogP contribution >= 0.6 is 0 Å². The van der Waals surface area contributed by atoms with E-state index >= 15 is 0 Å². The topological polar surface area (TPSA) is 66.0 Å². The Hall–Kier alpha value is -3.32. The van der Waals surface area contributed by atoms with Crippen molar-refractivity contribution in [2.45, 2.75) is 13.3 Å². The number of benzene rings is 2. The number of nitriles is 1. The lowest BCUT2D eigenvalue weighted by Gasteiger charge is -2.10. The highest BCUT2D eigenvalue weighted by atomic mass is 16.4. The molecule has 1 heterocycles. The molecule has 1 N–H and O–H groups in total. The second-order valence-corrected chi connectivity index (χ2v) is 5.42.